The summed E-state index contributed by atoms with van der Waals surface area (Å²) in [6.07, 6.45) is 1.65. The Balaban J connectivity index is 2.04. The van der Waals surface area contributed by atoms with E-state index in [0.29, 0.717) is 35.9 Å². The van der Waals surface area contributed by atoms with E-state index < -0.39 is 17.7 Å². The zero-order chi connectivity index (χ0) is 21.0. The number of hydrogen-bond acceptors (Lipinski definition) is 6. The van der Waals surface area contributed by atoms with Crippen LogP contribution in [0, 0.1) is 0 Å². The van der Waals surface area contributed by atoms with Gasteiger partial charge < -0.3 is 19.6 Å². The fraction of sp³-hybridized carbons (Fsp3) is 0.273. The van der Waals surface area contributed by atoms with E-state index in [0.717, 1.165) is 0 Å². The molecule has 0 aliphatic carbocycles. The van der Waals surface area contributed by atoms with E-state index in [4.69, 9.17) is 4.74 Å². The number of nitrogens with zero attached hydrogens (tertiary/aromatic N) is 2. The van der Waals surface area contributed by atoms with E-state index in [9.17, 15) is 14.7 Å². The number of aliphatic hydroxyl groups is 1. The molecule has 0 unspecified atom stereocenters. The number of carbonyl (C=O) groups is 2. The molecule has 2 aromatic rings. The lowest BCUT2D eigenvalue weighted by Crippen LogP contribution is -2.36. The van der Waals surface area contributed by atoms with Crippen LogP contribution in [-0.4, -0.2) is 60.4 Å². The normalized spacial score (nSPS) is 16.6. The van der Waals surface area contributed by atoms with Crippen molar-refractivity contribution in [3.05, 3.63) is 76.2 Å². The van der Waals surface area contributed by atoms with Crippen molar-refractivity contribution < 1.29 is 19.4 Å². The van der Waals surface area contributed by atoms with Gasteiger partial charge in [0.05, 0.1) is 16.5 Å². The van der Waals surface area contributed by atoms with Gasteiger partial charge in [-0.05, 0) is 43.2 Å². The van der Waals surface area contributed by atoms with Crippen LogP contribution in [0.5, 0.6) is 5.75 Å². The molecule has 2 heterocycles. The summed E-state index contributed by atoms with van der Waals surface area (Å²) in [6, 6.07) is 10.0. The Morgan fingerprint density at radius 2 is 2.14 bits per heavy atom. The minimum atomic E-state index is -0.677. The molecule has 152 valence electrons. The first-order chi connectivity index (χ1) is 13.9. The lowest BCUT2D eigenvalue weighted by atomic mass is 9.95. The molecule has 0 fully saturated rings. The van der Waals surface area contributed by atoms with Gasteiger partial charge in [0.2, 0.25) is 5.78 Å². The van der Waals surface area contributed by atoms with Gasteiger partial charge in [-0.2, -0.15) is 0 Å². The topological polar surface area (TPSA) is 70.1 Å². The van der Waals surface area contributed by atoms with Crippen molar-refractivity contribution in [2.75, 3.05) is 33.8 Å². The number of ether oxygens (including phenoxy) is 1. The van der Waals surface area contributed by atoms with Gasteiger partial charge in [-0.3, -0.25) is 9.59 Å². The van der Waals surface area contributed by atoms with Crippen molar-refractivity contribution >= 4 is 23.0 Å². The summed E-state index contributed by atoms with van der Waals surface area (Å²) in [5, 5.41) is 12.4. The lowest BCUT2D eigenvalue weighted by molar-refractivity contribution is -0.129. The molecule has 29 heavy (non-hydrogen) atoms. The van der Waals surface area contributed by atoms with Crippen LogP contribution in [0.1, 0.15) is 21.3 Å². The SMILES string of the molecule is C=CCOc1cccc([C@@H]2C(C(=O)c3cccs3)=C(O)C(=O)N2CCN(C)C)c1. The molecule has 1 aliphatic rings. The Labute approximate surface area is 174 Å². The zero-order valence-corrected chi connectivity index (χ0v) is 17.3. The number of carbonyl (C=O) groups excluding carboxylic acids is 2. The maximum atomic E-state index is 13.1. The molecule has 0 radical (unpaired) electrons. The first-order valence-corrected chi connectivity index (χ1v) is 10.1. The molecule has 1 aromatic carbocycles. The van der Waals surface area contributed by atoms with Gasteiger partial charge in [0, 0.05) is 13.1 Å². The average Bonchev–Trinajstić information content (AvgIpc) is 3.32. The second-order valence-corrected chi connectivity index (χ2v) is 7.89. The van der Waals surface area contributed by atoms with E-state index >= 15 is 0 Å². The number of likely N-dealkylation sites (N-methyl/N-ethyl adjacent to an activating group) is 1. The predicted molar refractivity (Wildman–Crippen MR) is 113 cm³/mol. The van der Waals surface area contributed by atoms with Crippen molar-refractivity contribution in [3.8, 4) is 5.75 Å². The van der Waals surface area contributed by atoms with Crippen LogP contribution in [0.3, 0.4) is 0 Å². The Kier molecular flexibility index (Phi) is 6.51. The molecule has 3 rings (SSSR count). The molecule has 6 nitrogen and oxygen atoms in total. The van der Waals surface area contributed by atoms with Crippen LogP contribution in [0.2, 0.25) is 0 Å². The number of amides is 1. The maximum absolute atomic E-state index is 13.1. The van der Waals surface area contributed by atoms with Gasteiger partial charge in [0.1, 0.15) is 12.4 Å². The Bertz CT molecular complexity index is 934. The van der Waals surface area contributed by atoms with Crippen molar-refractivity contribution in [1.29, 1.82) is 0 Å². The molecule has 1 N–H and O–H groups in total. The van der Waals surface area contributed by atoms with E-state index in [-0.39, 0.29) is 11.4 Å². The number of aliphatic hydroxyl groups excluding tert-OH is 1. The van der Waals surface area contributed by atoms with Gasteiger partial charge in [0.25, 0.3) is 5.91 Å². The highest BCUT2D eigenvalue weighted by Crippen LogP contribution is 2.40. The van der Waals surface area contributed by atoms with Crippen molar-refractivity contribution in [2.24, 2.45) is 0 Å². The molecule has 1 aliphatic heterocycles. The fourth-order valence-corrected chi connectivity index (χ4v) is 3.92. The third-order valence-electron chi connectivity index (χ3n) is 4.62. The fourth-order valence-electron chi connectivity index (χ4n) is 3.24. The van der Waals surface area contributed by atoms with E-state index in [1.54, 1.807) is 40.6 Å². The van der Waals surface area contributed by atoms with Gasteiger partial charge in [-0.1, -0.05) is 30.9 Å². The average molecular weight is 413 g/mol. The van der Waals surface area contributed by atoms with Crippen molar-refractivity contribution in [1.82, 2.24) is 9.80 Å². The van der Waals surface area contributed by atoms with Crippen LogP contribution in [-0.2, 0) is 4.79 Å². The molecular weight excluding hydrogens is 388 g/mol. The number of benzene rings is 1. The minimum Gasteiger partial charge on any atom is -0.503 e. The van der Waals surface area contributed by atoms with E-state index in [1.165, 1.54) is 11.3 Å². The van der Waals surface area contributed by atoms with Crippen LogP contribution in [0.4, 0.5) is 0 Å². The number of Topliss-reactive ketones (excluding diaryl/α,β-unsaturated/α-hetero) is 1. The lowest BCUT2D eigenvalue weighted by Gasteiger charge is -2.28. The van der Waals surface area contributed by atoms with Crippen molar-refractivity contribution in [2.45, 2.75) is 6.04 Å². The molecule has 1 aromatic heterocycles. The second kappa shape index (κ2) is 9.07. The van der Waals surface area contributed by atoms with E-state index in [1.807, 2.05) is 31.1 Å². The highest BCUT2D eigenvalue weighted by atomic mass is 32.1. The Morgan fingerprint density at radius 3 is 2.79 bits per heavy atom. The zero-order valence-electron chi connectivity index (χ0n) is 16.5. The monoisotopic (exact) mass is 412 g/mol. The Hall–Kier alpha value is -2.90. The molecule has 0 saturated carbocycles. The summed E-state index contributed by atoms with van der Waals surface area (Å²) in [4.78, 5) is 30.0. The predicted octanol–water partition coefficient (Wildman–Crippen LogP) is 3.45. The summed E-state index contributed by atoms with van der Waals surface area (Å²) in [7, 11) is 3.81. The first-order valence-electron chi connectivity index (χ1n) is 9.24. The molecule has 0 spiro atoms. The second-order valence-electron chi connectivity index (χ2n) is 6.95. The quantitative estimate of drug-likeness (QED) is 0.505. The van der Waals surface area contributed by atoms with Crippen LogP contribution in [0.15, 0.2) is 65.8 Å². The van der Waals surface area contributed by atoms with Gasteiger partial charge in [-0.25, -0.2) is 0 Å². The molecule has 1 amide bonds. The van der Waals surface area contributed by atoms with Crippen LogP contribution < -0.4 is 4.74 Å². The molecule has 0 saturated heterocycles. The largest absolute Gasteiger partial charge is 0.503 e. The standard InChI is InChI=1S/C22H24N2O4S/c1-4-12-28-16-8-5-7-15(14-16)19-18(20(25)17-9-6-13-29-17)21(26)22(27)24(19)11-10-23(2)3/h4-9,13-14,19,26H,1,10-12H2,2-3H3/t19-/m1/s1. The van der Waals surface area contributed by atoms with Gasteiger partial charge in [0.15, 0.2) is 5.76 Å². The number of thiophene rings is 1. The summed E-state index contributed by atoms with van der Waals surface area (Å²) < 4.78 is 5.62. The van der Waals surface area contributed by atoms with Crippen LogP contribution in [0.25, 0.3) is 0 Å². The smallest absolute Gasteiger partial charge is 0.290 e. The Morgan fingerprint density at radius 1 is 1.34 bits per heavy atom. The summed E-state index contributed by atoms with van der Waals surface area (Å²) in [5.74, 6) is -0.740. The number of rotatable bonds is 9. The van der Waals surface area contributed by atoms with Gasteiger partial charge in [-0.15, -0.1) is 11.3 Å². The van der Waals surface area contributed by atoms with Gasteiger partial charge >= 0.3 is 0 Å². The first kappa shape index (κ1) is 20.8. The molecule has 1 atom stereocenters. The summed E-state index contributed by atoms with van der Waals surface area (Å²) in [6.45, 7) is 4.97. The van der Waals surface area contributed by atoms with E-state index in [2.05, 4.69) is 6.58 Å². The van der Waals surface area contributed by atoms with Crippen molar-refractivity contribution in [3.63, 3.8) is 0 Å². The van der Waals surface area contributed by atoms with Crippen LogP contribution >= 0.6 is 11.3 Å². The summed E-state index contributed by atoms with van der Waals surface area (Å²) in [5.41, 5.74) is 0.819. The number of ketones is 1. The molecule has 7 heteroatoms. The minimum absolute atomic E-state index is 0.108. The third kappa shape index (κ3) is 4.41. The third-order valence-corrected chi connectivity index (χ3v) is 5.49. The number of hydrogen-bond donors (Lipinski definition) is 1. The molecule has 0 bridgehead atoms. The highest BCUT2D eigenvalue weighted by Gasteiger charge is 2.43. The maximum Gasteiger partial charge on any atom is 0.290 e. The molecular formula is C22H24N2O4S. The highest BCUT2D eigenvalue weighted by molar-refractivity contribution is 7.12. The summed E-state index contributed by atoms with van der Waals surface area (Å²) >= 11 is 1.28.